The van der Waals surface area contributed by atoms with Gasteiger partial charge in [-0.05, 0) is 56.2 Å². The van der Waals surface area contributed by atoms with E-state index in [4.69, 9.17) is 14.9 Å². The van der Waals surface area contributed by atoms with Crippen LogP contribution in [0.2, 0.25) is 0 Å². The van der Waals surface area contributed by atoms with E-state index in [1.54, 1.807) is 16.9 Å². The number of halogens is 2. The van der Waals surface area contributed by atoms with E-state index < -0.39 is 23.9 Å². The van der Waals surface area contributed by atoms with Crippen molar-refractivity contribution in [2.24, 2.45) is 5.73 Å². The number of fused-ring (bicyclic) bond motifs is 1. The molecule has 0 fully saturated rings. The molecule has 12 heteroatoms. The summed E-state index contributed by atoms with van der Waals surface area (Å²) in [5, 5.41) is 7.34. The molecule has 0 unspecified atom stereocenters. The summed E-state index contributed by atoms with van der Waals surface area (Å²) in [6, 6.07) is 11.8. The zero-order chi connectivity index (χ0) is 28.6. The molecule has 0 bridgehead atoms. The number of carbonyl (C=O) groups is 2. The van der Waals surface area contributed by atoms with E-state index in [1.165, 1.54) is 12.1 Å². The summed E-state index contributed by atoms with van der Waals surface area (Å²) < 4.78 is 40.8. The third-order valence-corrected chi connectivity index (χ3v) is 7.51. The normalized spacial score (nSPS) is 11.3. The lowest BCUT2D eigenvalue weighted by Crippen LogP contribution is -2.16. The number of hydrogen-bond donors (Lipinski definition) is 2. The molecule has 5 aromatic rings. The van der Waals surface area contributed by atoms with Crippen molar-refractivity contribution in [1.29, 1.82) is 0 Å². The van der Waals surface area contributed by atoms with E-state index in [-0.39, 0.29) is 27.8 Å². The summed E-state index contributed by atoms with van der Waals surface area (Å²) in [7, 11) is 0. The van der Waals surface area contributed by atoms with Crippen molar-refractivity contribution in [2.45, 2.75) is 40.3 Å². The third kappa shape index (κ3) is 5.05. The number of aryl methyl sites for hydroxylation is 2. The first kappa shape index (κ1) is 27.0. The van der Waals surface area contributed by atoms with Gasteiger partial charge in [0.1, 0.15) is 33.5 Å². The fourth-order valence-electron chi connectivity index (χ4n) is 4.38. The monoisotopic (exact) mass is 565 g/mol. The van der Waals surface area contributed by atoms with Crippen molar-refractivity contribution in [3.63, 3.8) is 0 Å². The Balaban J connectivity index is 1.53. The Morgan fingerprint density at radius 1 is 1.18 bits per heavy atom. The molecule has 9 nitrogen and oxygen atoms in total. The number of aromatic nitrogens is 3. The number of amides is 2. The minimum Gasteiger partial charge on any atom is -0.485 e. The quantitative estimate of drug-likeness (QED) is 0.217. The highest BCUT2D eigenvalue weighted by Crippen LogP contribution is 2.43. The summed E-state index contributed by atoms with van der Waals surface area (Å²) in [6.45, 7) is 6.29. The molecule has 4 aromatic heterocycles. The van der Waals surface area contributed by atoms with Gasteiger partial charge in [0.05, 0.1) is 11.9 Å². The maximum Gasteiger partial charge on any atom is 0.291 e. The Morgan fingerprint density at radius 3 is 2.62 bits per heavy atom. The lowest BCUT2D eigenvalue weighted by atomic mass is 10.0. The summed E-state index contributed by atoms with van der Waals surface area (Å²) >= 11 is 0.829. The van der Waals surface area contributed by atoms with E-state index in [1.807, 2.05) is 45.0 Å². The van der Waals surface area contributed by atoms with Crippen LogP contribution >= 0.6 is 11.3 Å². The van der Waals surface area contributed by atoms with Gasteiger partial charge in [0.2, 0.25) is 0 Å². The Kier molecular flexibility index (Phi) is 7.35. The molecule has 4 heterocycles. The topological polar surface area (TPSA) is 125 Å². The van der Waals surface area contributed by atoms with Gasteiger partial charge in [-0.1, -0.05) is 18.2 Å². The number of nitrogens with two attached hydrogens (primary N) is 1. The summed E-state index contributed by atoms with van der Waals surface area (Å²) in [4.78, 5) is 29.8. The predicted molar refractivity (Wildman–Crippen MR) is 147 cm³/mol. The molecule has 0 saturated heterocycles. The van der Waals surface area contributed by atoms with E-state index in [9.17, 15) is 18.4 Å². The number of primary amides is 1. The predicted octanol–water partition coefficient (Wildman–Crippen LogP) is 6.26. The van der Waals surface area contributed by atoms with Crippen molar-refractivity contribution in [1.82, 2.24) is 14.8 Å². The standard InChI is InChI=1S/C28H25F2N5O4S/c1-4-35-15(3)18(12-32-35)17-11-19(25(29)30)33-28-22(17)23(24(40-28)26(31)36)34-27(37)21-10-9-16(39-21)13-38-20-8-6-5-7-14(20)2/h5-12,25H,4,13H2,1-3H3,(H2,31,36)(H,34,37). The first-order chi connectivity index (χ1) is 19.2. The number of anilines is 1. The minimum atomic E-state index is -2.86. The molecule has 0 aliphatic rings. The minimum absolute atomic E-state index is 0.0290. The van der Waals surface area contributed by atoms with Crippen molar-refractivity contribution in [3.8, 4) is 16.9 Å². The van der Waals surface area contributed by atoms with Crippen LogP contribution in [0.1, 0.15) is 56.3 Å². The lowest BCUT2D eigenvalue weighted by Gasteiger charge is -2.10. The molecule has 1 aromatic carbocycles. The molecule has 5 rings (SSSR count). The number of nitrogens with one attached hydrogen (secondary N) is 1. The van der Waals surface area contributed by atoms with Gasteiger partial charge in [-0.25, -0.2) is 13.8 Å². The molecule has 0 atom stereocenters. The molecular weight excluding hydrogens is 540 g/mol. The van der Waals surface area contributed by atoms with Crippen LogP contribution in [0.5, 0.6) is 5.75 Å². The number of benzene rings is 1. The lowest BCUT2D eigenvalue weighted by molar-refractivity contribution is 0.0992. The van der Waals surface area contributed by atoms with Crippen LogP contribution in [0.25, 0.3) is 21.3 Å². The maximum absolute atomic E-state index is 13.8. The molecule has 0 aliphatic heterocycles. The molecule has 0 radical (unpaired) electrons. The Morgan fingerprint density at radius 2 is 1.95 bits per heavy atom. The highest BCUT2D eigenvalue weighted by molar-refractivity contribution is 7.21. The SMILES string of the molecule is CCn1ncc(-c2cc(C(F)F)nc3sc(C(N)=O)c(NC(=O)c4ccc(COc5ccccc5C)o4)c23)c1C. The first-order valence-electron chi connectivity index (χ1n) is 12.3. The molecule has 40 heavy (non-hydrogen) atoms. The number of pyridine rings is 1. The molecule has 0 saturated carbocycles. The van der Waals surface area contributed by atoms with E-state index >= 15 is 0 Å². The van der Waals surface area contributed by atoms with Gasteiger partial charge in [0.15, 0.2) is 5.76 Å². The number of ether oxygens (including phenoxy) is 1. The van der Waals surface area contributed by atoms with Crippen LogP contribution in [-0.4, -0.2) is 26.6 Å². The number of thiophene rings is 1. The Labute approximate surface area is 231 Å². The van der Waals surface area contributed by atoms with Crippen LogP contribution in [-0.2, 0) is 13.2 Å². The average molecular weight is 566 g/mol. The molecule has 0 aliphatic carbocycles. The number of furan rings is 1. The zero-order valence-electron chi connectivity index (χ0n) is 21.8. The molecular formula is C28H25F2N5O4S. The second kappa shape index (κ2) is 10.9. The molecule has 3 N–H and O–H groups in total. The Bertz CT molecular complexity index is 1740. The van der Waals surface area contributed by atoms with Crippen LogP contribution in [0.3, 0.4) is 0 Å². The Hall–Kier alpha value is -4.58. The van der Waals surface area contributed by atoms with E-state index in [2.05, 4.69) is 15.4 Å². The van der Waals surface area contributed by atoms with Gasteiger partial charge in [0, 0.05) is 23.2 Å². The number of carbonyl (C=O) groups excluding carboxylic acids is 2. The molecule has 206 valence electrons. The average Bonchev–Trinajstić information content (AvgIpc) is 3.65. The van der Waals surface area contributed by atoms with Gasteiger partial charge >= 0.3 is 0 Å². The number of alkyl halides is 2. The van der Waals surface area contributed by atoms with Crippen molar-refractivity contribution >= 4 is 39.1 Å². The fourth-order valence-corrected chi connectivity index (χ4v) is 5.40. The zero-order valence-corrected chi connectivity index (χ0v) is 22.6. The van der Waals surface area contributed by atoms with Crippen LogP contribution < -0.4 is 15.8 Å². The fraction of sp³-hybridized carbons (Fsp3) is 0.214. The third-order valence-electron chi connectivity index (χ3n) is 6.41. The maximum atomic E-state index is 13.8. The van der Waals surface area contributed by atoms with Gasteiger partial charge in [0.25, 0.3) is 18.2 Å². The van der Waals surface area contributed by atoms with Gasteiger partial charge in [-0.2, -0.15) is 5.10 Å². The largest absolute Gasteiger partial charge is 0.485 e. The van der Waals surface area contributed by atoms with E-state index in [0.29, 0.717) is 34.6 Å². The van der Waals surface area contributed by atoms with Crippen LogP contribution in [0, 0.1) is 13.8 Å². The van der Waals surface area contributed by atoms with Crippen molar-refractivity contribution in [2.75, 3.05) is 5.32 Å². The number of rotatable bonds is 9. The van der Waals surface area contributed by atoms with Gasteiger partial charge in [-0.3, -0.25) is 14.3 Å². The molecule has 0 spiro atoms. The smallest absolute Gasteiger partial charge is 0.291 e. The summed E-state index contributed by atoms with van der Waals surface area (Å²) in [6.07, 6.45) is -1.30. The second-order valence-corrected chi connectivity index (χ2v) is 9.98. The van der Waals surface area contributed by atoms with Crippen molar-refractivity contribution < 1.29 is 27.5 Å². The highest BCUT2D eigenvalue weighted by atomic mass is 32.1. The van der Waals surface area contributed by atoms with Gasteiger partial charge in [-0.15, -0.1) is 11.3 Å². The van der Waals surface area contributed by atoms with Gasteiger partial charge < -0.3 is 20.2 Å². The number of nitrogens with zero attached hydrogens (tertiary/aromatic N) is 3. The van der Waals surface area contributed by atoms with Crippen LogP contribution in [0.4, 0.5) is 14.5 Å². The van der Waals surface area contributed by atoms with Crippen molar-refractivity contribution in [3.05, 3.63) is 82.0 Å². The number of para-hydroxylation sites is 1. The number of hydrogen-bond acceptors (Lipinski definition) is 7. The summed E-state index contributed by atoms with van der Waals surface area (Å²) in [5.74, 6) is -0.437. The van der Waals surface area contributed by atoms with E-state index in [0.717, 1.165) is 22.6 Å². The van der Waals surface area contributed by atoms with Crippen LogP contribution in [0.15, 0.2) is 53.1 Å². The second-order valence-electron chi connectivity index (χ2n) is 8.98. The highest BCUT2D eigenvalue weighted by Gasteiger charge is 2.27. The summed E-state index contributed by atoms with van der Waals surface area (Å²) in [5.41, 5.74) is 7.83. The first-order valence-corrected chi connectivity index (χ1v) is 13.2. The molecule has 2 amide bonds.